The first kappa shape index (κ1) is 17.9. The molecule has 5 aromatic rings. The smallest absolute Gasteiger partial charge is 0.261 e. The van der Waals surface area contributed by atoms with E-state index in [1.165, 1.54) is 5.56 Å². The molecule has 29 heavy (non-hydrogen) atoms. The minimum absolute atomic E-state index is 0.0155. The maximum absolute atomic E-state index is 12.9. The van der Waals surface area contributed by atoms with Crippen molar-refractivity contribution in [2.45, 2.75) is 32.7 Å². The van der Waals surface area contributed by atoms with Crippen molar-refractivity contribution >= 4 is 43.5 Å². The minimum Gasteiger partial charge on any atom is -0.456 e. The van der Waals surface area contributed by atoms with Crippen molar-refractivity contribution in [3.8, 4) is 0 Å². The van der Waals surface area contributed by atoms with Gasteiger partial charge in [-0.05, 0) is 46.7 Å². The fourth-order valence-electron chi connectivity index (χ4n) is 4.23. The third-order valence-electron chi connectivity index (χ3n) is 5.75. The summed E-state index contributed by atoms with van der Waals surface area (Å²) in [5, 5.41) is 13.6. The number of fused-ring (bicyclic) bond motifs is 2. The summed E-state index contributed by atoms with van der Waals surface area (Å²) in [5.41, 5.74) is 1.82. The van der Waals surface area contributed by atoms with Crippen molar-refractivity contribution in [1.82, 2.24) is 4.57 Å². The average molecular weight is 387 g/mol. The molecule has 3 aromatic carbocycles. The van der Waals surface area contributed by atoms with Gasteiger partial charge in [-0.25, -0.2) is 0 Å². The van der Waals surface area contributed by atoms with Crippen LogP contribution < -0.4 is 11.1 Å². The summed E-state index contributed by atoms with van der Waals surface area (Å²) in [7, 11) is 0. The molecule has 146 valence electrons. The van der Waals surface area contributed by atoms with E-state index in [2.05, 4.69) is 32.9 Å². The molecule has 0 saturated carbocycles. The quantitative estimate of drug-likeness (QED) is 0.365. The molecule has 2 aromatic heterocycles. The Morgan fingerprint density at radius 2 is 1.45 bits per heavy atom. The highest BCUT2D eigenvalue weighted by Gasteiger charge is 2.20. The monoisotopic (exact) mass is 387 g/mol. The Kier molecular flexibility index (Phi) is 3.64. The van der Waals surface area contributed by atoms with Crippen LogP contribution in [-0.2, 0) is 12.0 Å². The number of benzene rings is 3. The highest BCUT2D eigenvalue weighted by molar-refractivity contribution is 6.26. The molecule has 0 fully saturated rings. The summed E-state index contributed by atoms with van der Waals surface area (Å²) in [6.45, 7) is 6.20. The second-order valence-corrected chi connectivity index (χ2v) is 8.57. The zero-order valence-electron chi connectivity index (χ0n) is 16.6. The van der Waals surface area contributed by atoms with Gasteiger partial charge in [-0.3, -0.25) is 14.2 Å². The SMILES string of the molecule is CC(C)(C)c1ccc2oc3ccc4c(=O)n(CCO)c(=O)c5ccc(c2c1)c3c45. The lowest BCUT2D eigenvalue weighted by molar-refractivity contribution is 0.273. The van der Waals surface area contributed by atoms with Gasteiger partial charge in [0.2, 0.25) is 0 Å². The summed E-state index contributed by atoms with van der Waals surface area (Å²) < 4.78 is 7.27. The minimum atomic E-state index is -0.380. The maximum atomic E-state index is 12.9. The fraction of sp³-hybridized carbons (Fsp3) is 0.250. The second kappa shape index (κ2) is 5.91. The predicted molar refractivity (Wildman–Crippen MR) is 116 cm³/mol. The third kappa shape index (κ3) is 2.44. The molecule has 5 heteroatoms. The molecule has 5 rings (SSSR count). The van der Waals surface area contributed by atoms with Crippen molar-refractivity contribution in [2.24, 2.45) is 0 Å². The predicted octanol–water partition coefficient (Wildman–Crippen LogP) is 4.14. The van der Waals surface area contributed by atoms with Crippen LogP contribution in [-0.4, -0.2) is 16.3 Å². The molecule has 5 nitrogen and oxygen atoms in total. The molecule has 0 aliphatic heterocycles. The largest absolute Gasteiger partial charge is 0.456 e. The number of hydrogen-bond donors (Lipinski definition) is 1. The van der Waals surface area contributed by atoms with Gasteiger partial charge in [0.25, 0.3) is 11.1 Å². The molecular formula is C24H21NO4. The van der Waals surface area contributed by atoms with Crippen molar-refractivity contribution in [2.75, 3.05) is 6.61 Å². The highest BCUT2D eigenvalue weighted by Crippen LogP contribution is 2.38. The Morgan fingerprint density at radius 1 is 0.828 bits per heavy atom. The van der Waals surface area contributed by atoms with Gasteiger partial charge in [0.15, 0.2) is 0 Å². The Bertz CT molecular complexity index is 1500. The van der Waals surface area contributed by atoms with Gasteiger partial charge in [0.1, 0.15) is 11.2 Å². The van der Waals surface area contributed by atoms with Gasteiger partial charge >= 0.3 is 0 Å². The average Bonchev–Trinajstić information content (AvgIpc) is 2.69. The highest BCUT2D eigenvalue weighted by atomic mass is 16.3. The van der Waals surface area contributed by atoms with Gasteiger partial charge in [-0.1, -0.05) is 32.9 Å². The maximum Gasteiger partial charge on any atom is 0.261 e. The molecule has 0 bridgehead atoms. The van der Waals surface area contributed by atoms with Crippen LogP contribution in [0.3, 0.4) is 0 Å². The lowest BCUT2D eigenvalue weighted by atomic mass is 9.85. The third-order valence-corrected chi connectivity index (χ3v) is 5.75. The van der Waals surface area contributed by atoms with Crippen LogP contribution in [0.2, 0.25) is 0 Å². The van der Waals surface area contributed by atoms with E-state index in [4.69, 9.17) is 4.42 Å². The van der Waals surface area contributed by atoms with Crippen molar-refractivity contribution in [3.05, 3.63) is 68.7 Å². The van der Waals surface area contributed by atoms with Gasteiger partial charge in [0.05, 0.1) is 13.2 Å². The number of hydrogen-bond acceptors (Lipinski definition) is 4. The van der Waals surface area contributed by atoms with E-state index >= 15 is 0 Å². The first-order chi connectivity index (χ1) is 13.8. The fourth-order valence-corrected chi connectivity index (χ4v) is 4.23. The van der Waals surface area contributed by atoms with E-state index in [1.807, 2.05) is 12.1 Å². The Balaban J connectivity index is 2.02. The van der Waals surface area contributed by atoms with Crippen LogP contribution in [0, 0.1) is 0 Å². The van der Waals surface area contributed by atoms with Gasteiger partial charge in [-0.15, -0.1) is 0 Å². The summed E-state index contributed by atoms with van der Waals surface area (Å²) in [6, 6.07) is 13.4. The number of pyridine rings is 1. The summed E-state index contributed by atoms with van der Waals surface area (Å²) >= 11 is 0. The Labute approximate surface area is 166 Å². The van der Waals surface area contributed by atoms with Gasteiger partial charge in [-0.2, -0.15) is 0 Å². The van der Waals surface area contributed by atoms with Crippen molar-refractivity contribution in [3.63, 3.8) is 0 Å². The van der Waals surface area contributed by atoms with E-state index in [-0.39, 0.29) is 29.7 Å². The molecule has 0 aliphatic rings. The molecule has 2 heterocycles. The first-order valence-corrected chi connectivity index (χ1v) is 9.71. The molecule has 0 unspecified atom stereocenters. The summed E-state index contributed by atoms with van der Waals surface area (Å²) in [6.07, 6.45) is 0. The van der Waals surface area contributed by atoms with Crippen LogP contribution >= 0.6 is 0 Å². The van der Waals surface area contributed by atoms with E-state index in [0.29, 0.717) is 21.7 Å². The van der Waals surface area contributed by atoms with Crippen LogP contribution in [0.5, 0.6) is 0 Å². The van der Waals surface area contributed by atoms with Crippen LogP contribution in [0.25, 0.3) is 43.5 Å². The van der Waals surface area contributed by atoms with E-state index in [1.54, 1.807) is 18.2 Å². The first-order valence-electron chi connectivity index (χ1n) is 9.71. The molecule has 0 spiro atoms. The number of nitrogens with zero attached hydrogens (tertiary/aromatic N) is 1. The normalized spacial score (nSPS) is 12.7. The molecule has 0 saturated heterocycles. The molecule has 0 atom stereocenters. The standard InChI is InChI=1S/C24H21NO4/c1-24(2,3)13-4-8-18-17(12-13)14-5-6-15-20-16(7-9-19(29-18)21(14)20)23(28)25(10-11-26)22(15)27/h4-9,12,26H,10-11H2,1-3H3. The van der Waals surface area contributed by atoms with E-state index < -0.39 is 0 Å². The van der Waals surface area contributed by atoms with Gasteiger partial charge < -0.3 is 9.52 Å². The molecular weight excluding hydrogens is 366 g/mol. The Morgan fingerprint density at radius 3 is 2.10 bits per heavy atom. The summed E-state index contributed by atoms with van der Waals surface area (Å²) in [5.74, 6) is 0. The van der Waals surface area contributed by atoms with Crippen LogP contribution in [0.1, 0.15) is 26.3 Å². The Hall–Kier alpha value is -3.18. The van der Waals surface area contributed by atoms with Crippen LogP contribution in [0.4, 0.5) is 0 Å². The zero-order chi connectivity index (χ0) is 20.5. The van der Waals surface area contributed by atoms with E-state index in [9.17, 15) is 14.7 Å². The number of aliphatic hydroxyl groups excluding tert-OH is 1. The second-order valence-electron chi connectivity index (χ2n) is 8.57. The summed E-state index contributed by atoms with van der Waals surface area (Å²) in [4.78, 5) is 25.8. The van der Waals surface area contributed by atoms with Gasteiger partial charge in [0, 0.05) is 26.9 Å². The van der Waals surface area contributed by atoms with Crippen molar-refractivity contribution < 1.29 is 9.52 Å². The number of aliphatic hydroxyl groups is 1. The number of rotatable bonds is 2. The molecule has 1 N–H and O–H groups in total. The van der Waals surface area contributed by atoms with Crippen LogP contribution in [0.15, 0.2) is 56.5 Å². The lowest BCUT2D eigenvalue weighted by Gasteiger charge is -2.20. The molecule has 0 amide bonds. The van der Waals surface area contributed by atoms with Crippen molar-refractivity contribution in [1.29, 1.82) is 0 Å². The number of aromatic nitrogens is 1. The lowest BCUT2D eigenvalue weighted by Crippen LogP contribution is -2.34. The topological polar surface area (TPSA) is 72.4 Å². The zero-order valence-corrected chi connectivity index (χ0v) is 16.6. The molecule has 0 aliphatic carbocycles. The van der Waals surface area contributed by atoms with E-state index in [0.717, 1.165) is 26.3 Å². The molecule has 0 radical (unpaired) electrons.